The number of halogens is 1. The van der Waals surface area contributed by atoms with Gasteiger partial charge >= 0.3 is 5.69 Å². The summed E-state index contributed by atoms with van der Waals surface area (Å²) in [4.78, 5) is 90.0. The monoisotopic (exact) mass is 1100 g/mol. The number of pyridine rings is 1. The summed E-state index contributed by atoms with van der Waals surface area (Å²) >= 11 is 0. The Balaban J connectivity index is 0.679. The fourth-order valence-corrected chi connectivity index (χ4v) is 15.0. The lowest BCUT2D eigenvalue weighted by molar-refractivity contribution is -0.140. The first-order chi connectivity index (χ1) is 39.1. The van der Waals surface area contributed by atoms with Crippen molar-refractivity contribution in [1.82, 2.24) is 43.7 Å². The van der Waals surface area contributed by atoms with Gasteiger partial charge in [0.15, 0.2) is 5.82 Å². The van der Waals surface area contributed by atoms with E-state index in [0.717, 1.165) is 135 Å². The van der Waals surface area contributed by atoms with Crippen LogP contribution in [0.25, 0.3) is 33.3 Å². The van der Waals surface area contributed by atoms with Gasteiger partial charge in [0.1, 0.15) is 17.4 Å². The summed E-state index contributed by atoms with van der Waals surface area (Å²) in [7, 11) is 1.76. The molecule has 426 valence electrons. The number of carbonyl (C=O) groups excluding carboxylic acids is 4. The molecule has 4 amide bonds. The maximum atomic E-state index is 15.6. The standard InChI is InChI=1S/C63H77FN12O5/c1-38(2)74-37-65-50-35-48(66-58(56(50)74)67-49-31-40(4)39(3)30-47(49)64)43-12-13-46-54(32-43)75(45-33-44(34-45)71-22-7-6-8-23-71)61(80)63(46)20-28-73(29-21-63)60(79)42-18-24-70(25-19-42)36-41-16-26-72(27-17-41)51-10-9-11-52-57(51)69(5)62(81)76(52)53-14-15-55(77)68-59(53)78/h9-13,30-32,35,37-38,41-42,44-45,53H,6-8,14-29,33-34,36H2,1-5H3,(H,66,67)(H,68,77,78). The molecule has 0 bridgehead atoms. The molecule has 7 aliphatic rings. The lowest BCUT2D eigenvalue weighted by Gasteiger charge is -2.48. The molecule has 18 heteroatoms. The van der Waals surface area contributed by atoms with Gasteiger partial charge in [0.2, 0.25) is 23.6 Å². The zero-order valence-electron chi connectivity index (χ0n) is 47.7. The average Bonchev–Trinajstić information content (AvgIpc) is 4.31. The van der Waals surface area contributed by atoms with Crippen molar-refractivity contribution >= 4 is 68.6 Å². The second kappa shape index (κ2) is 21.1. The molecule has 6 aliphatic heterocycles. The summed E-state index contributed by atoms with van der Waals surface area (Å²) in [6, 6.07) is 17.7. The quantitative estimate of drug-likeness (QED) is 0.119. The number of hydrogen-bond donors (Lipinski definition) is 2. The normalized spacial score (nSPS) is 23.3. The highest BCUT2D eigenvalue weighted by molar-refractivity contribution is 6.10. The van der Waals surface area contributed by atoms with Crippen molar-refractivity contribution in [2.45, 2.75) is 141 Å². The zero-order valence-corrected chi connectivity index (χ0v) is 47.7. The number of piperidine rings is 5. The highest BCUT2D eigenvalue weighted by atomic mass is 19.1. The van der Waals surface area contributed by atoms with Crippen LogP contribution in [0.4, 0.5) is 27.3 Å². The van der Waals surface area contributed by atoms with E-state index in [9.17, 15) is 19.2 Å². The SMILES string of the molecule is Cc1cc(F)c(Nc2nc(-c3ccc4c(c3)N(C3CC(N5CCCCC5)C3)C(=O)C43CCN(C(=O)C4CCN(CC5CCN(c6cccc7c6n(C)c(=O)n7C6CCC(=O)NC6=O)CC5)CC4)CC3)cc3ncn(C(C)C)c23)cc1C. The summed E-state index contributed by atoms with van der Waals surface area (Å²) in [6.07, 6.45) is 12.8. The molecule has 0 radical (unpaired) electrons. The van der Waals surface area contributed by atoms with Gasteiger partial charge in [-0.2, -0.15) is 0 Å². The van der Waals surface area contributed by atoms with Gasteiger partial charge in [-0.3, -0.25) is 33.6 Å². The van der Waals surface area contributed by atoms with Crippen LogP contribution >= 0.6 is 0 Å². The smallest absolute Gasteiger partial charge is 0.329 e. The number of carbonyl (C=O) groups is 4. The molecule has 1 spiro atoms. The number of imide groups is 1. The van der Waals surface area contributed by atoms with Crippen LogP contribution in [-0.2, 0) is 31.6 Å². The van der Waals surface area contributed by atoms with Crippen LogP contribution in [0.3, 0.4) is 0 Å². The fourth-order valence-electron chi connectivity index (χ4n) is 15.0. The number of likely N-dealkylation sites (tertiary alicyclic amines) is 3. The first-order valence-electron chi connectivity index (χ1n) is 30.1. The number of nitrogens with zero attached hydrogens (tertiary/aromatic N) is 10. The van der Waals surface area contributed by atoms with Gasteiger partial charge in [0, 0.05) is 81.5 Å². The van der Waals surface area contributed by atoms with Gasteiger partial charge in [-0.15, -0.1) is 0 Å². The lowest BCUT2D eigenvalue weighted by atomic mass is 9.73. The van der Waals surface area contributed by atoms with E-state index in [1.54, 1.807) is 22.2 Å². The van der Waals surface area contributed by atoms with Crippen LogP contribution in [0, 0.1) is 31.5 Å². The van der Waals surface area contributed by atoms with E-state index in [4.69, 9.17) is 9.97 Å². The highest BCUT2D eigenvalue weighted by Crippen LogP contribution is 2.52. The van der Waals surface area contributed by atoms with E-state index in [2.05, 4.69) is 77.8 Å². The molecule has 1 atom stereocenters. The molecule has 3 aromatic carbocycles. The third kappa shape index (κ3) is 9.41. The van der Waals surface area contributed by atoms with Crippen molar-refractivity contribution in [3.63, 3.8) is 0 Å². The van der Waals surface area contributed by atoms with Crippen molar-refractivity contribution in [3.05, 3.63) is 93.9 Å². The number of benzene rings is 3. The van der Waals surface area contributed by atoms with Crippen LogP contribution in [0.5, 0.6) is 0 Å². The molecule has 1 aliphatic carbocycles. The van der Waals surface area contributed by atoms with Crippen molar-refractivity contribution < 1.29 is 23.6 Å². The Labute approximate surface area is 472 Å². The van der Waals surface area contributed by atoms with Crippen molar-refractivity contribution in [1.29, 1.82) is 0 Å². The van der Waals surface area contributed by atoms with Crippen molar-refractivity contribution in [2.24, 2.45) is 18.9 Å². The average molecular weight is 1100 g/mol. The number of aromatic nitrogens is 5. The fraction of sp³-hybridized carbons (Fsp3) is 0.540. The zero-order chi connectivity index (χ0) is 56.0. The molecule has 13 rings (SSSR count). The molecular formula is C63H77FN12O5. The summed E-state index contributed by atoms with van der Waals surface area (Å²) in [5.41, 5.74) is 8.85. The Morgan fingerprint density at radius 3 is 2.28 bits per heavy atom. The highest BCUT2D eigenvalue weighted by Gasteiger charge is 2.56. The molecule has 3 aromatic heterocycles. The summed E-state index contributed by atoms with van der Waals surface area (Å²) in [5, 5.41) is 5.78. The van der Waals surface area contributed by atoms with E-state index in [1.165, 1.54) is 19.3 Å². The van der Waals surface area contributed by atoms with Gasteiger partial charge < -0.3 is 34.4 Å². The van der Waals surface area contributed by atoms with E-state index >= 15 is 9.18 Å². The molecule has 6 fully saturated rings. The predicted octanol–water partition coefficient (Wildman–Crippen LogP) is 8.66. The van der Waals surface area contributed by atoms with Gasteiger partial charge in [0.05, 0.1) is 45.4 Å². The first-order valence-corrected chi connectivity index (χ1v) is 30.1. The predicted molar refractivity (Wildman–Crippen MR) is 312 cm³/mol. The third-order valence-corrected chi connectivity index (χ3v) is 19.9. The number of imidazole rings is 2. The number of aryl methyl sites for hydroxylation is 3. The van der Waals surface area contributed by atoms with Crippen LogP contribution in [0.2, 0.25) is 0 Å². The third-order valence-electron chi connectivity index (χ3n) is 19.9. The van der Waals surface area contributed by atoms with Gasteiger partial charge in [0.25, 0.3) is 0 Å². The summed E-state index contributed by atoms with van der Waals surface area (Å²) in [5.74, 6) is 0.312. The number of nitrogens with one attached hydrogen (secondary N) is 2. The Morgan fingerprint density at radius 1 is 0.815 bits per heavy atom. The molecule has 5 saturated heterocycles. The number of hydrogen-bond acceptors (Lipinski definition) is 11. The maximum Gasteiger partial charge on any atom is 0.329 e. The minimum Gasteiger partial charge on any atom is -0.370 e. The molecular weight excluding hydrogens is 1020 g/mol. The van der Waals surface area contributed by atoms with E-state index in [0.29, 0.717) is 67.0 Å². The molecule has 81 heavy (non-hydrogen) atoms. The van der Waals surface area contributed by atoms with Crippen LogP contribution in [0.15, 0.2) is 65.7 Å². The maximum absolute atomic E-state index is 15.6. The van der Waals surface area contributed by atoms with Gasteiger partial charge in [-0.05, 0) is 184 Å². The number of fused-ring (bicyclic) bond motifs is 4. The number of rotatable bonds is 11. The topological polar surface area (TPSA) is 166 Å². The van der Waals surface area contributed by atoms with Gasteiger partial charge in [-0.25, -0.2) is 19.2 Å². The summed E-state index contributed by atoms with van der Waals surface area (Å²) < 4.78 is 20.8. The second-order valence-corrected chi connectivity index (χ2v) is 25.0. The number of para-hydroxylation sites is 1. The lowest BCUT2D eigenvalue weighted by Crippen LogP contribution is -2.58. The van der Waals surface area contributed by atoms with Crippen LogP contribution in [0.1, 0.15) is 126 Å². The molecule has 9 heterocycles. The van der Waals surface area contributed by atoms with E-state index in [-0.39, 0.29) is 53.7 Å². The Morgan fingerprint density at radius 2 is 1.56 bits per heavy atom. The van der Waals surface area contributed by atoms with Crippen LogP contribution in [-0.4, -0.2) is 133 Å². The first kappa shape index (κ1) is 53.4. The van der Waals surface area contributed by atoms with E-state index in [1.807, 2.05) is 44.4 Å². The molecule has 2 N–H and O–H groups in total. The van der Waals surface area contributed by atoms with Crippen molar-refractivity contribution in [3.8, 4) is 11.3 Å². The Kier molecular flexibility index (Phi) is 13.9. The molecule has 1 saturated carbocycles. The summed E-state index contributed by atoms with van der Waals surface area (Å²) in [6.45, 7) is 15.9. The molecule has 17 nitrogen and oxygen atoms in total. The minimum atomic E-state index is -0.721. The minimum absolute atomic E-state index is 0.0354. The number of amides is 4. The van der Waals surface area contributed by atoms with Crippen LogP contribution < -0.4 is 26.1 Å². The Hall–Kier alpha value is -6.92. The Bertz CT molecular complexity index is 3530. The largest absolute Gasteiger partial charge is 0.370 e. The number of anilines is 4. The van der Waals surface area contributed by atoms with E-state index < -0.39 is 17.4 Å². The molecule has 1 unspecified atom stereocenters. The second-order valence-electron chi connectivity index (χ2n) is 25.0. The molecule has 6 aromatic rings. The van der Waals surface area contributed by atoms with Gasteiger partial charge in [-0.1, -0.05) is 24.6 Å². The van der Waals surface area contributed by atoms with Crippen molar-refractivity contribution in [2.75, 3.05) is 74.0 Å².